The van der Waals surface area contributed by atoms with Crippen molar-refractivity contribution in [2.75, 3.05) is 36.8 Å². The Morgan fingerprint density at radius 2 is 1.95 bits per heavy atom. The molecule has 0 aliphatic carbocycles. The highest BCUT2D eigenvalue weighted by atomic mass is 79.9. The van der Waals surface area contributed by atoms with Gasteiger partial charge < -0.3 is 10.6 Å². The van der Waals surface area contributed by atoms with E-state index in [1.165, 1.54) is 38.8 Å². The van der Waals surface area contributed by atoms with Crippen LogP contribution < -0.4 is 10.6 Å². The molecule has 3 heterocycles. The van der Waals surface area contributed by atoms with E-state index in [1.54, 1.807) is 6.33 Å². The van der Waals surface area contributed by atoms with Crippen molar-refractivity contribution in [2.45, 2.75) is 31.7 Å². The number of rotatable bonds is 2. The zero-order chi connectivity index (χ0) is 13.2. The van der Waals surface area contributed by atoms with E-state index in [0.29, 0.717) is 11.9 Å². The summed E-state index contributed by atoms with van der Waals surface area (Å²) >= 11 is 3.50. The Labute approximate surface area is 122 Å². The van der Waals surface area contributed by atoms with Crippen LogP contribution in [0.3, 0.4) is 0 Å². The van der Waals surface area contributed by atoms with Crippen molar-refractivity contribution < 1.29 is 0 Å². The Bertz CT molecular complexity index is 447. The van der Waals surface area contributed by atoms with Crippen molar-refractivity contribution in [3.05, 3.63) is 10.8 Å². The monoisotopic (exact) mass is 325 g/mol. The number of nitrogens with zero attached hydrogens (tertiary/aromatic N) is 4. The number of likely N-dealkylation sites (tertiary alicyclic amines) is 1. The summed E-state index contributed by atoms with van der Waals surface area (Å²) in [6.07, 6.45) is 6.85. The maximum Gasteiger partial charge on any atom is 0.148 e. The van der Waals surface area contributed by atoms with Gasteiger partial charge in [0, 0.05) is 19.1 Å². The number of hydrogen-bond acceptors (Lipinski definition) is 5. The van der Waals surface area contributed by atoms with E-state index < -0.39 is 0 Å². The first kappa shape index (κ1) is 13.1. The maximum atomic E-state index is 5.83. The van der Waals surface area contributed by atoms with Crippen LogP contribution in [0.1, 0.15) is 25.7 Å². The molecule has 5 nitrogen and oxygen atoms in total. The van der Waals surface area contributed by atoms with E-state index in [2.05, 4.69) is 35.7 Å². The van der Waals surface area contributed by atoms with Crippen molar-refractivity contribution in [3.63, 3.8) is 0 Å². The van der Waals surface area contributed by atoms with Crippen molar-refractivity contribution in [1.82, 2.24) is 14.9 Å². The van der Waals surface area contributed by atoms with E-state index in [9.17, 15) is 0 Å². The molecular formula is C13H20BrN5. The molecule has 1 aromatic rings. The van der Waals surface area contributed by atoms with Crippen LogP contribution in [0.25, 0.3) is 0 Å². The van der Waals surface area contributed by atoms with Crippen molar-refractivity contribution in [3.8, 4) is 0 Å². The van der Waals surface area contributed by atoms with Crippen LogP contribution in [0.5, 0.6) is 0 Å². The molecule has 1 atom stereocenters. The first-order valence-corrected chi connectivity index (χ1v) is 7.80. The molecule has 0 spiro atoms. The van der Waals surface area contributed by atoms with Gasteiger partial charge in [0.15, 0.2) is 0 Å². The quantitative estimate of drug-likeness (QED) is 0.899. The number of halogens is 1. The fourth-order valence-corrected chi connectivity index (χ4v) is 3.57. The molecule has 2 saturated heterocycles. The third-order valence-corrected chi connectivity index (χ3v) is 4.93. The molecule has 19 heavy (non-hydrogen) atoms. The van der Waals surface area contributed by atoms with Crippen LogP contribution in [0, 0.1) is 0 Å². The SMILES string of the molecule is Nc1ncnc(N2CCC(N3CCCCC3)C2)c1Br. The van der Waals surface area contributed by atoms with Gasteiger partial charge in [-0.05, 0) is 48.3 Å². The predicted octanol–water partition coefficient (Wildman–Crippen LogP) is 1.89. The zero-order valence-electron chi connectivity index (χ0n) is 11.1. The first-order chi connectivity index (χ1) is 9.25. The average molecular weight is 326 g/mol. The summed E-state index contributed by atoms with van der Waals surface area (Å²) in [7, 11) is 0. The molecule has 1 aromatic heterocycles. The predicted molar refractivity (Wildman–Crippen MR) is 80.2 cm³/mol. The van der Waals surface area contributed by atoms with E-state index in [4.69, 9.17) is 5.73 Å². The number of piperidine rings is 1. The summed E-state index contributed by atoms with van der Waals surface area (Å²) in [4.78, 5) is 13.3. The van der Waals surface area contributed by atoms with Crippen LogP contribution >= 0.6 is 15.9 Å². The fourth-order valence-electron chi connectivity index (χ4n) is 3.11. The van der Waals surface area contributed by atoms with Gasteiger partial charge in [-0.3, -0.25) is 4.90 Å². The normalized spacial score (nSPS) is 24.9. The van der Waals surface area contributed by atoms with Crippen LogP contribution in [-0.4, -0.2) is 47.1 Å². The lowest BCUT2D eigenvalue weighted by atomic mass is 10.1. The summed E-state index contributed by atoms with van der Waals surface area (Å²) in [6.45, 7) is 4.61. The van der Waals surface area contributed by atoms with Gasteiger partial charge in [0.05, 0.1) is 0 Å². The lowest BCUT2D eigenvalue weighted by Crippen LogP contribution is -2.41. The van der Waals surface area contributed by atoms with Crippen molar-refractivity contribution in [1.29, 1.82) is 0 Å². The second-order valence-electron chi connectivity index (χ2n) is 5.38. The van der Waals surface area contributed by atoms with Crippen molar-refractivity contribution in [2.24, 2.45) is 0 Å². The average Bonchev–Trinajstić information content (AvgIpc) is 2.92. The number of aromatic nitrogens is 2. The molecule has 2 N–H and O–H groups in total. The van der Waals surface area contributed by atoms with Crippen LogP contribution in [0.2, 0.25) is 0 Å². The highest BCUT2D eigenvalue weighted by Gasteiger charge is 2.30. The minimum absolute atomic E-state index is 0.520. The van der Waals surface area contributed by atoms with Gasteiger partial charge in [-0.1, -0.05) is 6.42 Å². The van der Waals surface area contributed by atoms with Gasteiger partial charge in [-0.15, -0.1) is 0 Å². The van der Waals surface area contributed by atoms with E-state index >= 15 is 0 Å². The smallest absolute Gasteiger partial charge is 0.148 e. The third kappa shape index (κ3) is 2.69. The Kier molecular flexibility index (Phi) is 3.88. The topological polar surface area (TPSA) is 58.3 Å². The molecule has 2 aliphatic heterocycles. The van der Waals surface area contributed by atoms with Crippen LogP contribution in [0.4, 0.5) is 11.6 Å². The number of anilines is 2. The lowest BCUT2D eigenvalue weighted by molar-refractivity contribution is 0.175. The third-order valence-electron chi connectivity index (χ3n) is 4.17. The largest absolute Gasteiger partial charge is 0.383 e. The summed E-state index contributed by atoms with van der Waals surface area (Å²) in [6, 6.07) is 0.670. The highest BCUT2D eigenvalue weighted by Crippen LogP contribution is 2.31. The molecule has 6 heteroatoms. The molecule has 2 fully saturated rings. The van der Waals surface area contributed by atoms with Crippen LogP contribution in [-0.2, 0) is 0 Å². The second kappa shape index (κ2) is 5.63. The molecular weight excluding hydrogens is 306 g/mol. The highest BCUT2D eigenvalue weighted by molar-refractivity contribution is 9.10. The Morgan fingerprint density at radius 1 is 1.16 bits per heavy atom. The zero-order valence-corrected chi connectivity index (χ0v) is 12.6. The van der Waals surface area contributed by atoms with Gasteiger partial charge in [-0.25, -0.2) is 9.97 Å². The standard InChI is InChI=1S/C13H20BrN5/c14-11-12(15)16-9-17-13(11)19-7-4-10(8-19)18-5-2-1-3-6-18/h9-10H,1-8H2,(H2,15,16,17). The summed E-state index contributed by atoms with van der Waals surface area (Å²) < 4.78 is 0.828. The second-order valence-corrected chi connectivity index (χ2v) is 6.17. The molecule has 3 rings (SSSR count). The molecule has 0 aromatic carbocycles. The Balaban J connectivity index is 1.69. The molecule has 2 aliphatic rings. The number of nitrogens with two attached hydrogens (primary N) is 1. The molecule has 104 valence electrons. The minimum atomic E-state index is 0.520. The van der Waals surface area contributed by atoms with Gasteiger partial charge in [0.1, 0.15) is 22.4 Å². The Morgan fingerprint density at radius 3 is 2.74 bits per heavy atom. The number of hydrogen-bond donors (Lipinski definition) is 1. The molecule has 0 amide bonds. The minimum Gasteiger partial charge on any atom is -0.383 e. The van der Waals surface area contributed by atoms with E-state index in [0.717, 1.165) is 23.4 Å². The summed E-state index contributed by atoms with van der Waals surface area (Å²) in [5, 5.41) is 0. The maximum absolute atomic E-state index is 5.83. The Hall–Kier alpha value is -0.880. The van der Waals surface area contributed by atoms with Crippen LogP contribution in [0.15, 0.2) is 10.8 Å². The molecule has 0 saturated carbocycles. The van der Waals surface area contributed by atoms with E-state index in [-0.39, 0.29) is 0 Å². The van der Waals surface area contributed by atoms with Crippen molar-refractivity contribution >= 4 is 27.6 Å². The van der Waals surface area contributed by atoms with Gasteiger partial charge in [0.25, 0.3) is 0 Å². The lowest BCUT2D eigenvalue weighted by Gasteiger charge is -2.32. The van der Waals surface area contributed by atoms with Gasteiger partial charge in [-0.2, -0.15) is 0 Å². The van der Waals surface area contributed by atoms with E-state index in [1.807, 2.05) is 0 Å². The van der Waals surface area contributed by atoms with Gasteiger partial charge >= 0.3 is 0 Å². The number of nitrogen functional groups attached to an aromatic ring is 1. The molecule has 0 radical (unpaired) electrons. The molecule has 1 unspecified atom stereocenters. The van der Waals surface area contributed by atoms with Gasteiger partial charge in [0.2, 0.25) is 0 Å². The molecule has 0 bridgehead atoms. The summed E-state index contributed by atoms with van der Waals surface area (Å²) in [5.74, 6) is 1.46. The fraction of sp³-hybridized carbons (Fsp3) is 0.692. The first-order valence-electron chi connectivity index (χ1n) is 7.00. The summed E-state index contributed by atoms with van der Waals surface area (Å²) in [5.41, 5.74) is 5.83.